The third-order valence-corrected chi connectivity index (χ3v) is 5.89. The fourth-order valence-electron chi connectivity index (χ4n) is 3.24. The highest BCUT2D eigenvalue weighted by Crippen LogP contribution is 2.43. The molecule has 0 aromatic heterocycles. The van der Waals surface area contributed by atoms with E-state index in [9.17, 15) is 22.4 Å². The molecule has 0 radical (unpaired) electrons. The van der Waals surface area contributed by atoms with Crippen LogP contribution in [0.2, 0.25) is 0 Å². The number of hydrogen-bond donors (Lipinski definition) is 0. The van der Waals surface area contributed by atoms with Gasteiger partial charge in [-0.3, -0.25) is 4.79 Å². The van der Waals surface area contributed by atoms with E-state index in [4.69, 9.17) is 14.2 Å². The second kappa shape index (κ2) is 8.63. The zero-order chi connectivity index (χ0) is 22.1. The number of hydrogen-bond acceptors (Lipinski definition) is 5. The molecule has 10 heteroatoms. The number of carbonyl (C=O) groups is 1. The highest BCUT2D eigenvalue weighted by molar-refractivity contribution is 8.00. The molecule has 162 valence electrons. The molecule has 0 aliphatic carbocycles. The summed E-state index contributed by atoms with van der Waals surface area (Å²) in [4.78, 5) is 13.9. The number of benzene rings is 2. The molecule has 1 aliphatic rings. The van der Waals surface area contributed by atoms with Crippen molar-refractivity contribution in [3.05, 3.63) is 52.8 Å². The van der Waals surface area contributed by atoms with Crippen molar-refractivity contribution in [1.29, 1.82) is 0 Å². The summed E-state index contributed by atoms with van der Waals surface area (Å²) in [6.07, 6.45) is -4.78. The fourth-order valence-corrected chi connectivity index (χ4v) is 4.42. The van der Waals surface area contributed by atoms with Crippen molar-refractivity contribution in [3.63, 3.8) is 0 Å². The molecular formula is C20H19F4NO4S. The van der Waals surface area contributed by atoms with Crippen LogP contribution in [0.25, 0.3) is 0 Å². The van der Waals surface area contributed by atoms with E-state index >= 15 is 0 Å². The van der Waals surface area contributed by atoms with Crippen LogP contribution in [-0.4, -0.2) is 37.9 Å². The van der Waals surface area contributed by atoms with Crippen molar-refractivity contribution in [1.82, 2.24) is 4.90 Å². The lowest BCUT2D eigenvalue weighted by Gasteiger charge is -2.25. The smallest absolute Gasteiger partial charge is 0.419 e. The van der Waals surface area contributed by atoms with E-state index in [1.54, 1.807) is 12.1 Å². The maximum Gasteiger partial charge on any atom is 0.419 e. The Morgan fingerprint density at radius 2 is 1.70 bits per heavy atom. The number of thioether (sulfide) groups is 1. The van der Waals surface area contributed by atoms with E-state index in [1.165, 1.54) is 44.1 Å². The molecule has 2 aromatic carbocycles. The molecule has 0 saturated carbocycles. The van der Waals surface area contributed by atoms with Gasteiger partial charge in [-0.15, -0.1) is 11.8 Å². The van der Waals surface area contributed by atoms with Gasteiger partial charge < -0.3 is 19.1 Å². The van der Waals surface area contributed by atoms with Gasteiger partial charge in [-0.1, -0.05) is 6.07 Å². The van der Waals surface area contributed by atoms with Crippen molar-refractivity contribution >= 4 is 17.7 Å². The molecule has 0 N–H and O–H groups in total. The highest BCUT2D eigenvalue weighted by atomic mass is 32.2. The molecule has 0 spiro atoms. The van der Waals surface area contributed by atoms with Crippen molar-refractivity contribution in [3.8, 4) is 17.2 Å². The van der Waals surface area contributed by atoms with Crippen molar-refractivity contribution in [2.45, 2.75) is 18.1 Å². The third-order valence-electron chi connectivity index (χ3n) is 4.63. The molecule has 1 unspecified atom stereocenters. The Labute approximate surface area is 174 Å². The first-order valence-corrected chi connectivity index (χ1v) is 9.81. The number of methoxy groups -OCH3 is 3. The number of nitrogens with zero attached hydrogens (tertiary/aromatic N) is 1. The van der Waals surface area contributed by atoms with E-state index < -0.39 is 22.9 Å². The van der Waals surface area contributed by atoms with E-state index in [1.807, 2.05) is 0 Å². The number of alkyl halides is 3. The minimum atomic E-state index is -4.78. The Bertz CT molecular complexity index is 926. The largest absolute Gasteiger partial charge is 0.493 e. The number of amides is 1. The normalized spacial score (nSPS) is 16.7. The van der Waals surface area contributed by atoms with Crippen LogP contribution < -0.4 is 14.2 Å². The van der Waals surface area contributed by atoms with Crippen LogP contribution >= 0.6 is 11.8 Å². The van der Waals surface area contributed by atoms with Crippen molar-refractivity contribution < 1.29 is 36.6 Å². The zero-order valence-corrected chi connectivity index (χ0v) is 17.2. The van der Waals surface area contributed by atoms with Gasteiger partial charge >= 0.3 is 6.18 Å². The van der Waals surface area contributed by atoms with E-state index in [-0.39, 0.29) is 23.8 Å². The van der Waals surface area contributed by atoms with Crippen LogP contribution in [-0.2, 0) is 17.5 Å². The summed E-state index contributed by atoms with van der Waals surface area (Å²) in [5.41, 5.74) is -0.390. The van der Waals surface area contributed by atoms with Crippen LogP contribution in [0.15, 0.2) is 30.3 Å². The van der Waals surface area contributed by atoms with Crippen LogP contribution in [0.5, 0.6) is 17.2 Å². The SMILES string of the molecule is COc1cc(CN2C(=O)CSC2c2ccc(C(F)(F)F)c(F)c2)cc(OC)c1OC. The van der Waals surface area contributed by atoms with Crippen LogP contribution in [0.3, 0.4) is 0 Å². The average molecular weight is 445 g/mol. The van der Waals surface area contributed by atoms with Crippen LogP contribution in [0.1, 0.15) is 22.1 Å². The summed E-state index contributed by atoms with van der Waals surface area (Å²) in [5.74, 6) is -0.233. The van der Waals surface area contributed by atoms with Gasteiger partial charge in [-0.25, -0.2) is 4.39 Å². The Hall–Kier alpha value is -2.62. The van der Waals surface area contributed by atoms with Gasteiger partial charge in [0.2, 0.25) is 11.7 Å². The number of carbonyl (C=O) groups excluding carboxylic acids is 1. The lowest BCUT2D eigenvalue weighted by atomic mass is 10.1. The molecular weight excluding hydrogens is 426 g/mol. The van der Waals surface area contributed by atoms with E-state index in [0.29, 0.717) is 28.9 Å². The monoisotopic (exact) mass is 445 g/mol. The molecule has 3 rings (SSSR count). The number of rotatable bonds is 6. The van der Waals surface area contributed by atoms with Crippen molar-refractivity contribution in [2.75, 3.05) is 27.1 Å². The van der Waals surface area contributed by atoms with Gasteiger partial charge in [0.15, 0.2) is 11.5 Å². The van der Waals surface area contributed by atoms with Gasteiger partial charge in [-0.2, -0.15) is 13.2 Å². The van der Waals surface area contributed by atoms with Gasteiger partial charge in [0.1, 0.15) is 11.2 Å². The summed E-state index contributed by atoms with van der Waals surface area (Å²) in [5, 5.41) is -0.617. The quantitative estimate of drug-likeness (QED) is 0.606. The van der Waals surface area contributed by atoms with Crippen molar-refractivity contribution in [2.24, 2.45) is 0 Å². The molecule has 1 fully saturated rings. The standard InChI is InChI=1S/C20H19F4NO4S/c1-27-15-6-11(7-16(28-2)18(15)29-3)9-25-17(26)10-30-19(25)12-4-5-13(14(21)8-12)20(22,23)24/h4-8,19H,9-10H2,1-3H3. The second-order valence-electron chi connectivity index (χ2n) is 6.46. The molecule has 1 amide bonds. The molecule has 0 bridgehead atoms. The predicted molar refractivity (Wildman–Crippen MR) is 103 cm³/mol. The Morgan fingerprint density at radius 1 is 1.07 bits per heavy atom. The fraction of sp³-hybridized carbons (Fsp3) is 0.350. The molecule has 1 atom stereocenters. The van der Waals surface area contributed by atoms with Gasteiger partial charge in [0, 0.05) is 6.54 Å². The molecule has 1 aliphatic heterocycles. The van der Waals surface area contributed by atoms with Crippen LogP contribution in [0, 0.1) is 5.82 Å². The maximum atomic E-state index is 14.1. The van der Waals surface area contributed by atoms with Crippen LogP contribution in [0.4, 0.5) is 17.6 Å². The van der Waals surface area contributed by atoms with E-state index in [0.717, 1.165) is 6.07 Å². The second-order valence-corrected chi connectivity index (χ2v) is 7.52. The predicted octanol–water partition coefficient (Wildman–Crippen LogP) is 4.64. The first kappa shape index (κ1) is 22.1. The summed E-state index contributed by atoms with van der Waals surface area (Å²) < 4.78 is 68.5. The summed E-state index contributed by atoms with van der Waals surface area (Å²) >= 11 is 1.22. The maximum absolute atomic E-state index is 14.1. The first-order valence-electron chi connectivity index (χ1n) is 8.76. The topological polar surface area (TPSA) is 48.0 Å². The summed E-state index contributed by atoms with van der Waals surface area (Å²) in [6.45, 7) is 0.135. The molecule has 5 nitrogen and oxygen atoms in total. The average Bonchev–Trinajstić information content (AvgIpc) is 3.06. The Morgan fingerprint density at radius 3 is 2.20 bits per heavy atom. The lowest BCUT2D eigenvalue weighted by Crippen LogP contribution is -2.28. The Balaban J connectivity index is 1.92. The zero-order valence-electron chi connectivity index (χ0n) is 16.4. The number of halogens is 4. The first-order chi connectivity index (χ1) is 14.2. The third kappa shape index (κ3) is 4.28. The summed E-state index contributed by atoms with van der Waals surface area (Å²) in [7, 11) is 4.40. The lowest BCUT2D eigenvalue weighted by molar-refractivity contribution is -0.140. The molecule has 1 heterocycles. The minimum Gasteiger partial charge on any atom is -0.493 e. The Kier molecular flexibility index (Phi) is 6.35. The number of ether oxygens (including phenoxy) is 3. The van der Waals surface area contributed by atoms with Gasteiger partial charge in [0.05, 0.1) is 32.6 Å². The van der Waals surface area contributed by atoms with E-state index in [2.05, 4.69) is 0 Å². The minimum absolute atomic E-state index is 0.135. The van der Waals surface area contributed by atoms with Gasteiger partial charge in [0.25, 0.3) is 0 Å². The molecule has 2 aromatic rings. The summed E-state index contributed by atoms with van der Waals surface area (Å²) in [6, 6.07) is 6.10. The highest BCUT2D eigenvalue weighted by Gasteiger charge is 2.37. The van der Waals surface area contributed by atoms with Gasteiger partial charge in [-0.05, 0) is 35.4 Å². The molecule has 1 saturated heterocycles. The molecule has 30 heavy (non-hydrogen) atoms.